The van der Waals surface area contributed by atoms with Crippen LogP contribution in [0, 0.1) is 10.1 Å². The molecule has 1 aliphatic rings. The Bertz CT molecular complexity index is 2260. The summed E-state index contributed by atoms with van der Waals surface area (Å²) in [5, 5.41) is 66.7. The molecule has 2 unspecified atom stereocenters. The molecule has 4 N–H and O–H groups in total. The van der Waals surface area contributed by atoms with Crippen LogP contribution in [-0.2, 0) is 22.0 Å². The zero-order chi connectivity index (χ0) is 40.4. The fourth-order valence-corrected chi connectivity index (χ4v) is 9.45. The van der Waals surface area contributed by atoms with Crippen molar-refractivity contribution in [3.63, 3.8) is 0 Å². The van der Waals surface area contributed by atoms with E-state index in [4.69, 9.17) is 4.74 Å². The molecule has 7 aromatic carbocycles. The Hall–Kier alpha value is -6.26. The Balaban J connectivity index is 1.50. The van der Waals surface area contributed by atoms with Gasteiger partial charge in [0.1, 0.15) is 23.9 Å². The fraction of sp³-hybridized carbons (Fsp3) is 0.160. The van der Waals surface area contributed by atoms with Crippen LogP contribution in [0.25, 0.3) is 0 Å². The third-order valence-corrected chi connectivity index (χ3v) is 11.9. The molecule has 0 aliphatic carbocycles. The summed E-state index contributed by atoms with van der Waals surface area (Å²) in [6, 6.07) is 61.6. The number of nitro groups is 1. The molecule has 0 aromatic heterocycles. The van der Waals surface area contributed by atoms with Crippen molar-refractivity contribution in [2.45, 2.75) is 47.0 Å². The molecule has 290 valence electrons. The van der Waals surface area contributed by atoms with Crippen molar-refractivity contribution in [2.75, 3.05) is 0 Å². The molecule has 0 saturated carbocycles. The predicted molar refractivity (Wildman–Crippen MR) is 222 cm³/mol. The topological polar surface area (TPSA) is 133 Å². The standard InChI is InChI=1S/C50H43NO7/c52-44(48(37-22-7-1-8-23-37,38-24-9-2-10-25-38)39-26-11-3-12-27-39)45-50(55,46(53)47(54,58-45)35-36-21-19-20-34-43(36)51(56)57)49(40-28-13-4-14-29-40,41-30-15-5-16-31-41)42-32-17-6-18-33-42/h1-34,44-46,52-55H,35H2/t44?,45-,46+,47?,50-/m1/s1. The summed E-state index contributed by atoms with van der Waals surface area (Å²) < 4.78 is 6.80. The maximum absolute atomic E-state index is 14.4. The van der Waals surface area contributed by atoms with E-state index in [1.54, 1.807) is 6.07 Å². The minimum atomic E-state index is -2.69. The maximum atomic E-state index is 14.4. The number of nitrogens with zero attached hydrogens (tertiary/aromatic N) is 1. The Kier molecular flexibility index (Phi) is 10.4. The van der Waals surface area contributed by atoms with Crippen LogP contribution in [-0.4, -0.2) is 55.0 Å². The van der Waals surface area contributed by atoms with Gasteiger partial charge in [-0.15, -0.1) is 0 Å². The first-order chi connectivity index (χ1) is 28.2. The summed E-state index contributed by atoms with van der Waals surface area (Å²) in [5.74, 6) is -2.69. The van der Waals surface area contributed by atoms with Crippen LogP contribution in [0.2, 0.25) is 0 Å². The molecule has 1 heterocycles. The monoisotopic (exact) mass is 769 g/mol. The van der Waals surface area contributed by atoms with Crippen LogP contribution in [0.5, 0.6) is 0 Å². The number of rotatable bonds is 12. The van der Waals surface area contributed by atoms with Gasteiger partial charge in [0.25, 0.3) is 5.69 Å². The third-order valence-electron chi connectivity index (χ3n) is 11.9. The quantitative estimate of drug-likeness (QED) is 0.0568. The van der Waals surface area contributed by atoms with Crippen molar-refractivity contribution in [3.8, 4) is 0 Å². The third kappa shape index (κ3) is 6.05. The Labute approximate surface area is 337 Å². The van der Waals surface area contributed by atoms with E-state index in [0.29, 0.717) is 33.4 Å². The number of hydrogen-bond acceptors (Lipinski definition) is 7. The molecule has 7 aromatic rings. The van der Waals surface area contributed by atoms with Crippen molar-refractivity contribution in [3.05, 3.63) is 255 Å². The lowest BCUT2D eigenvalue weighted by atomic mass is 9.53. The molecule has 0 spiro atoms. The zero-order valence-electron chi connectivity index (χ0n) is 31.5. The molecule has 0 bridgehead atoms. The second-order valence-corrected chi connectivity index (χ2v) is 14.9. The highest BCUT2D eigenvalue weighted by Gasteiger charge is 2.75. The number of para-hydroxylation sites is 1. The molecular weight excluding hydrogens is 727 g/mol. The Morgan fingerprint density at radius 2 is 0.879 bits per heavy atom. The molecule has 8 heteroatoms. The lowest BCUT2D eigenvalue weighted by Gasteiger charge is -2.53. The van der Waals surface area contributed by atoms with E-state index in [0.717, 1.165) is 0 Å². The molecular formula is C50H43NO7. The zero-order valence-corrected chi connectivity index (χ0v) is 31.5. The van der Waals surface area contributed by atoms with Gasteiger partial charge in [-0.25, -0.2) is 0 Å². The average molecular weight is 770 g/mol. The summed E-state index contributed by atoms with van der Waals surface area (Å²) in [4.78, 5) is 11.8. The predicted octanol–water partition coefficient (Wildman–Crippen LogP) is 7.75. The van der Waals surface area contributed by atoms with Gasteiger partial charge in [-0.3, -0.25) is 10.1 Å². The van der Waals surface area contributed by atoms with Crippen molar-refractivity contribution in [1.82, 2.24) is 0 Å². The smallest absolute Gasteiger partial charge is 0.272 e. The normalized spacial score (nSPS) is 21.3. The van der Waals surface area contributed by atoms with Crippen LogP contribution >= 0.6 is 0 Å². The van der Waals surface area contributed by atoms with Crippen LogP contribution in [0.1, 0.15) is 38.9 Å². The van der Waals surface area contributed by atoms with E-state index in [2.05, 4.69) is 0 Å². The summed E-state index contributed by atoms with van der Waals surface area (Å²) in [5.41, 5.74) is -2.55. The number of nitro benzene ring substituents is 1. The van der Waals surface area contributed by atoms with Gasteiger partial charge < -0.3 is 25.2 Å². The summed E-state index contributed by atoms with van der Waals surface area (Å²) in [6.07, 6.45) is -6.36. The van der Waals surface area contributed by atoms with Gasteiger partial charge in [0.15, 0.2) is 5.79 Å². The maximum Gasteiger partial charge on any atom is 0.272 e. The molecule has 1 aliphatic heterocycles. The van der Waals surface area contributed by atoms with Crippen LogP contribution in [0.3, 0.4) is 0 Å². The molecule has 8 nitrogen and oxygen atoms in total. The van der Waals surface area contributed by atoms with Gasteiger partial charge in [0.2, 0.25) is 0 Å². The Morgan fingerprint density at radius 3 is 1.24 bits per heavy atom. The summed E-state index contributed by atoms with van der Waals surface area (Å²) in [7, 11) is 0. The minimum absolute atomic E-state index is 0.0664. The van der Waals surface area contributed by atoms with Gasteiger partial charge in [0.05, 0.1) is 15.8 Å². The molecule has 1 saturated heterocycles. The summed E-state index contributed by atoms with van der Waals surface area (Å²) in [6.45, 7) is 0. The lowest BCUT2D eigenvalue weighted by molar-refractivity contribution is -0.386. The number of benzene rings is 7. The highest BCUT2D eigenvalue weighted by molar-refractivity contribution is 5.59. The van der Waals surface area contributed by atoms with Crippen LogP contribution in [0.15, 0.2) is 206 Å². The largest absolute Gasteiger partial charge is 0.389 e. The molecule has 1 fully saturated rings. The van der Waals surface area contributed by atoms with Crippen LogP contribution < -0.4 is 0 Å². The first kappa shape index (κ1) is 38.6. The van der Waals surface area contributed by atoms with Crippen molar-refractivity contribution >= 4 is 5.69 Å². The number of aliphatic hydroxyl groups excluding tert-OH is 2. The minimum Gasteiger partial charge on any atom is -0.389 e. The van der Waals surface area contributed by atoms with E-state index in [1.807, 2.05) is 182 Å². The highest BCUT2D eigenvalue weighted by atomic mass is 16.7. The van der Waals surface area contributed by atoms with Crippen molar-refractivity contribution in [2.24, 2.45) is 0 Å². The second-order valence-electron chi connectivity index (χ2n) is 14.9. The van der Waals surface area contributed by atoms with Gasteiger partial charge in [0, 0.05) is 18.1 Å². The summed E-state index contributed by atoms with van der Waals surface area (Å²) >= 11 is 0. The lowest BCUT2D eigenvalue weighted by Crippen LogP contribution is -2.69. The number of ether oxygens (including phenoxy) is 1. The number of aliphatic hydroxyl groups is 4. The molecule has 8 rings (SSSR count). The average Bonchev–Trinajstić information content (AvgIpc) is 3.48. The van der Waals surface area contributed by atoms with Crippen LogP contribution in [0.4, 0.5) is 5.69 Å². The van der Waals surface area contributed by atoms with Crippen molar-refractivity contribution in [1.29, 1.82) is 0 Å². The van der Waals surface area contributed by atoms with Crippen molar-refractivity contribution < 1.29 is 30.1 Å². The van der Waals surface area contributed by atoms with Gasteiger partial charge >= 0.3 is 0 Å². The van der Waals surface area contributed by atoms with E-state index < -0.39 is 51.9 Å². The second kappa shape index (κ2) is 15.6. The SMILES string of the molecule is O=[N+]([O-])c1ccccc1CC1(O)O[C@H](C(O)C(c2ccccc2)(c2ccccc2)c2ccccc2)[C@](O)(C(c2ccccc2)(c2ccccc2)c2ccccc2)[C@H]1O. The van der Waals surface area contributed by atoms with E-state index in [9.17, 15) is 30.5 Å². The first-order valence-corrected chi connectivity index (χ1v) is 19.2. The fourth-order valence-electron chi connectivity index (χ4n) is 9.45. The van der Waals surface area contributed by atoms with Gasteiger partial charge in [-0.05, 0) is 33.4 Å². The molecule has 0 radical (unpaired) electrons. The molecule has 0 amide bonds. The first-order valence-electron chi connectivity index (χ1n) is 19.2. The van der Waals surface area contributed by atoms with E-state index in [1.165, 1.54) is 18.2 Å². The van der Waals surface area contributed by atoms with E-state index in [-0.39, 0.29) is 11.3 Å². The van der Waals surface area contributed by atoms with Gasteiger partial charge in [-0.2, -0.15) is 0 Å². The van der Waals surface area contributed by atoms with Gasteiger partial charge in [-0.1, -0.05) is 200 Å². The Morgan fingerprint density at radius 1 is 0.552 bits per heavy atom. The van der Waals surface area contributed by atoms with E-state index >= 15 is 0 Å². The molecule has 5 atom stereocenters. The molecule has 58 heavy (non-hydrogen) atoms. The number of hydrogen-bond donors (Lipinski definition) is 4. The highest BCUT2D eigenvalue weighted by Crippen LogP contribution is 2.59.